The zero-order valence-electron chi connectivity index (χ0n) is 17.1. The number of piperazine rings is 1. The minimum absolute atomic E-state index is 0.121. The second-order valence-corrected chi connectivity index (χ2v) is 9.91. The third-order valence-corrected chi connectivity index (χ3v) is 6.23. The Morgan fingerprint density at radius 2 is 1.82 bits per heavy atom. The topological polar surface area (TPSA) is 81.8 Å². The molecule has 158 valence electrons. The number of carbonyl (C=O) groups is 1. The number of hydrogen-bond acceptors (Lipinski definition) is 5. The van der Waals surface area contributed by atoms with Gasteiger partial charge in [-0.25, -0.2) is 17.5 Å². The van der Waals surface area contributed by atoms with Gasteiger partial charge in [-0.15, -0.1) is 0 Å². The first-order valence-electron chi connectivity index (χ1n) is 9.50. The fraction of sp³-hybridized carbons (Fsp3) is 0.632. The van der Waals surface area contributed by atoms with E-state index in [1.807, 2.05) is 0 Å². The van der Waals surface area contributed by atoms with Crippen LogP contribution in [-0.2, 0) is 10.0 Å². The molecule has 0 aromatic heterocycles. The predicted octanol–water partition coefficient (Wildman–Crippen LogP) is 1.27. The van der Waals surface area contributed by atoms with E-state index in [1.54, 1.807) is 20.8 Å². The Labute approximate surface area is 167 Å². The molecule has 1 aromatic rings. The molecule has 0 aliphatic carbocycles. The van der Waals surface area contributed by atoms with Gasteiger partial charge in [0.2, 0.25) is 10.0 Å². The fourth-order valence-electron chi connectivity index (χ4n) is 2.99. The maximum absolute atomic E-state index is 14.1. The van der Waals surface area contributed by atoms with Crippen molar-refractivity contribution < 1.29 is 17.6 Å². The number of carbonyl (C=O) groups excluding carboxylic acids is 1. The van der Waals surface area contributed by atoms with E-state index >= 15 is 0 Å². The largest absolute Gasteiger partial charge is 0.352 e. The molecule has 0 spiro atoms. The van der Waals surface area contributed by atoms with Crippen LogP contribution < -0.4 is 10.0 Å². The highest BCUT2D eigenvalue weighted by Gasteiger charge is 2.26. The van der Waals surface area contributed by atoms with Crippen LogP contribution >= 0.6 is 0 Å². The van der Waals surface area contributed by atoms with Gasteiger partial charge in [-0.2, -0.15) is 0 Å². The second kappa shape index (κ2) is 9.30. The van der Waals surface area contributed by atoms with Crippen molar-refractivity contribution in [2.24, 2.45) is 0 Å². The van der Waals surface area contributed by atoms with E-state index in [-0.39, 0.29) is 5.56 Å². The van der Waals surface area contributed by atoms with E-state index in [0.717, 1.165) is 51.3 Å². The van der Waals surface area contributed by atoms with Gasteiger partial charge in [0.25, 0.3) is 5.91 Å². The van der Waals surface area contributed by atoms with E-state index in [2.05, 4.69) is 26.9 Å². The summed E-state index contributed by atoms with van der Waals surface area (Å²) < 4.78 is 41.3. The molecule has 2 rings (SSSR count). The van der Waals surface area contributed by atoms with Crippen LogP contribution in [0.2, 0.25) is 0 Å². The molecule has 1 aliphatic heterocycles. The number of amides is 1. The first-order chi connectivity index (χ1) is 13.0. The lowest BCUT2D eigenvalue weighted by Crippen LogP contribution is -2.45. The van der Waals surface area contributed by atoms with Crippen LogP contribution in [0, 0.1) is 5.82 Å². The van der Waals surface area contributed by atoms with Crippen LogP contribution in [0.1, 0.15) is 37.6 Å². The normalized spacial score (nSPS) is 16.9. The first kappa shape index (κ1) is 22.7. The summed E-state index contributed by atoms with van der Waals surface area (Å²) in [4.78, 5) is 16.5. The van der Waals surface area contributed by atoms with Crippen molar-refractivity contribution in [3.8, 4) is 0 Å². The summed E-state index contributed by atoms with van der Waals surface area (Å²) in [5, 5.41) is 2.78. The number of hydrogen-bond donors (Lipinski definition) is 2. The highest BCUT2D eigenvalue weighted by molar-refractivity contribution is 7.89. The maximum Gasteiger partial charge on any atom is 0.251 e. The van der Waals surface area contributed by atoms with Crippen molar-refractivity contribution in [2.45, 2.75) is 37.6 Å². The third-order valence-electron chi connectivity index (χ3n) is 4.46. The molecular formula is C19H31FN4O3S. The van der Waals surface area contributed by atoms with Gasteiger partial charge in [0, 0.05) is 43.8 Å². The molecule has 0 atom stereocenters. The standard InChI is InChI=1S/C19H31FN4O3S/c1-19(2,3)22-28(26,27)17-14-15(6-7-16(17)20)18(25)21-8-5-9-24-12-10-23(4)11-13-24/h6-7,14,22H,5,8-13H2,1-4H3,(H,21,25). The Morgan fingerprint density at radius 3 is 2.43 bits per heavy atom. The van der Waals surface area contributed by atoms with Gasteiger partial charge in [0.05, 0.1) is 0 Å². The Balaban J connectivity index is 1.93. The van der Waals surface area contributed by atoms with Crippen molar-refractivity contribution in [3.63, 3.8) is 0 Å². The zero-order chi connectivity index (χ0) is 20.9. The van der Waals surface area contributed by atoms with Gasteiger partial charge in [-0.05, 0) is 59.0 Å². The fourth-order valence-corrected chi connectivity index (χ4v) is 4.51. The SMILES string of the molecule is CN1CCN(CCCNC(=O)c2ccc(F)c(S(=O)(=O)NC(C)(C)C)c2)CC1. The molecule has 0 bridgehead atoms. The molecule has 1 aliphatic rings. The average Bonchev–Trinajstić information content (AvgIpc) is 2.58. The molecule has 1 saturated heterocycles. The van der Waals surface area contributed by atoms with E-state index in [4.69, 9.17) is 0 Å². The molecule has 0 unspecified atom stereocenters. The van der Waals surface area contributed by atoms with Crippen LogP contribution in [-0.4, -0.2) is 76.0 Å². The van der Waals surface area contributed by atoms with Gasteiger partial charge < -0.3 is 15.1 Å². The summed E-state index contributed by atoms with van der Waals surface area (Å²) in [5.41, 5.74) is -0.637. The molecule has 9 heteroatoms. The molecule has 2 N–H and O–H groups in total. The first-order valence-corrected chi connectivity index (χ1v) is 11.0. The molecule has 0 saturated carbocycles. The van der Waals surface area contributed by atoms with Crippen molar-refractivity contribution in [3.05, 3.63) is 29.6 Å². The Bertz CT molecular complexity index is 785. The highest BCUT2D eigenvalue weighted by Crippen LogP contribution is 2.18. The number of nitrogens with zero attached hydrogens (tertiary/aromatic N) is 2. The lowest BCUT2D eigenvalue weighted by atomic mass is 10.1. The van der Waals surface area contributed by atoms with Gasteiger partial charge in [-0.1, -0.05) is 0 Å². The van der Waals surface area contributed by atoms with Crippen molar-refractivity contribution >= 4 is 15.9 Å². The predicted molar refractivity (Wildman–Crippen MR) is 107 cm³/mol. The summed E-state index contributed by atoms with van der Waals surface area (Å²) in [6.45, 7) is 10.5. The zero-order valence-corrected chi connectivity index (χ0v) is 17.9. The van der Waals surface area contributed by atoms with Gasteiger partial charge in [-0.3, -0.25) is 4.79 Å². The van der Waals surface area contributed by atoms with Crippen molar-refractivity contribution in [1.29, 1.82) is 0 Å². The molecule has 1 aromatic carbocycles. The van der Waals surface area contributed by atoms with Crippen molar-refractivity contribution in [2.75, 3.05) is 46.3 Å². The van der Waals surface area contributed by atoms with Crippen LogP contribution in [0.25, 0.3) is 0 Å². The lowest BCUT2D eigenvalue weighted by Gasteiger charge is -2.32. The monoisotopic (exact) mass is 414 g/mol. The molecule has 1 amide bonds. The smallest absolute Gasteiger partial charge is 0.251 e. The molecule has 0 radical (unpaired) electrons. The van der Waals surface area contributed by atoms with Crippen LogP contribution in [0.5, 0.6) is 0 Å². The van der Waals surface area contributed by atoms with E-state index in [1.165, 1.54) is 6.07 Å². The highest BCUT2D eigenvalue weighted by atomic mass is 32.2. The van der Waals surface area contributed by atoms with E-state index in [0.29, 0.717) is 6.54 Å². The number of sulfonamides is 1. The number of halogens is 1. The van der Waals surface area contributed by atoms with Crippen molar-refractivity contribution in [1.82, 2.24) is 19.8 Å². The van der Waals surface area contributed by atoms with Gasteiger partial charge in [0.1, 0.15) is 10.7 Å². The van der Waals surface area contributed by atoms with Crippen LogP contribution in [0.3, 0.4) is 0 Å². The molecule has 1 heterocycles. The number of benzene rings is 1. The number of nitrogens with one attached hydrogen (secondary N) is 2. The Morgan fingerprint density at radius 1 is 1.18 bits per heavy atom. The van der Waals surface area contributed by atoms with Gasteiger partial charge >= 0.3 is 0 Å². The number of rotatable bonds is 7. The Hall–Kier alpha value is -1.55. The lowest BCUT2D eigenvalue weighted by molar-refractivity contribution is 0.0949. The van der Waals surface area contributed by atoms with Gasteiger partial charge in [0.15, 0.2) is 0 Å². The molecule has 7 nitrogen and oxygen atoms in total. The molecular weight excluding hydrogens is 383 g/mol. The number of likely N-dealkylation sites (N-methyl/N-ethyl adjacent to an activating group) is 1. The summed E-state index contributed by atoms with van der Waals surface area (Å²) in [6, 6.07) is 3.39. The second-order valence-electron chi connectivity index (χ2n) is 8.26. The summed E-state index contributed by atoms with van der Waals surface area (Å²) in [6.07, 6.45) is 0.799. The summed E-state index contributed by atoms with van der Waals surface area (Å²) in [5.74, 6) is -1.30. The van der Waals surface area contributed by atoms with Crippen LogP contribution in [0.15, 0.2) is 23.1 Å². The maximum atomic E-state index is 14.1. The quantitative estimate of drug-likeness (QED) is 0.657. The molecule has 1 fully saturated rings. The molecule has 28 heavy (non-hydrogen) atoms. The average molecular weight is 415 g/mol. The van der Waals surface area contributed by atoms with Crippen LogP contribution in [0.4, 0.5) is 4.39 Å². The Kier molecular flexibility index (Phi) is 7.55. The summed E-state index contributed by atoms with van der Waals surface area (Å²) in [7, 11) is -1.96. The minimum Gasteiger partial charge on any atom is -0.352 e. The minimum atomic E-state index is -4.06. The third kappa shape index (κ3) is 6.80. The van der Waals surface area contributed by atoms with E-state index in [9.17, 15) is 17.6 Å². The summed E-state index contributed by atoms with van der Waals surface area (Å²) >= 11 is 0. The van der Waals surface area contributed by atoms with E-state index < -0.39 is 32.2 Å².